The van der Waals surface area contributed by atoms with E-state index in [1.165, 1.54) is 12.3 Å². The second-order valence-electron chi connectivity index (χ2n) is 9.56. The number of nitriles is 1. The van der Waals surface area contributed by atoms with Gasteiger partial charge in [0.2, 0.25) is 0 Å². The summed E-state index contributed by atoms with van der Waals surface area (Å²) in [6.45, 7) is 1.58. The number of fused-ring (bicyclic) bond motifs is 2. The molecule has 5 rings (SSSR count). The fraction of sp³-hybridized carbons (Fsp3) is 0.385. The SMILES string of the molecule is CC(O)(C(=O)Nc1ccc(C#N)cn1)[C@H]1C[C@H]2C[C@@H](c3ccnc4ccc(F)cc34)C[C@H]2C1. The first-order chi connectivity index (χ1) is 15.8. The standard InChI is InChI=1S/C26H25FN4O2/c1-26(33,25(32)31-24-5-2-15(13-28)14-30-24)19-10-16-8-18(9-17(16)11-19)21-6-7-29-23-4-3-20(27)12-22(21)23/h2-7,12,14,16-19,33H,8-11H2,1H3,(H,30,31,32)/t16-,17+,18-,19+,26?. The van der Waals surface area contributed by atoms with E-state index >= 15 is 0 Å². The van der Waals surface area contributed by atoms with Crippen molar-refractivity contribution in [2.75, 3.05) is 5.32 Å². The third-order valence-electron chi connectivity index (χ3n) is 7.58. The van der Waals surface area contributed by atoms with Gasteiger partial charge in [-0.1, -0.05) is 0 Å². The summed E-state index contributed by atoms with van der Waals surface area (Å²) < 4.78 is 13.9. The van der Waals surface area contributed by atoms with Crippen molar-refractivity contribution in [3.63, 3.8) is 0 Å². The average Bonchev–Trinajstić information content (AvgIpc) is 3.39. The lowest BCUT2D eigenvalue weighted by atomic mass is 9.83. The maximum absolute atomic E-state index is 13.9. The van der Waals surface area contributed by atoms with Crippen LogP contribution in [0.1, 0.15) is 49.7 Å². The number of halogens is 1. The number of aliphatic hydroxyl groups is 1. The summed E-state index contributed by atoms with van der Waals surface area (Å²) in [5.74, 6) is 0.612. The lowest BCUT2D eigenvalue weighted by molar-refractivity contribution is -0.137. The number of carbonyl (C=O) groups is 1. The Hall–Kier alpha value is -3.37. The summed E-state index contributed by atoms with van der Waals surface area (Å²) in [6, 6.07) is 11.8. The Balaban J connectivity index is 1.27. The Morgan fingerprint density at radius 1 is 1.15 bits per heavy atom. The molecule has 2 saturated carbocycles. The van der Waals surface area contributed by atoms with Crippen LogP contribution in [0.25, 0.3) is 10.9 Å². The van der Waals surface area contributed by atoms with E-state index in [1.54, 1.807) is 37.4 Å². The topological polar surface area (TPSA) is 98.9 Å². The van der Waals surface area contributed by atoms with Gasteiger partial charge in [0.15, 0.2) is 0 Å². The average molecular weight is 445 g/mol. The van der Waals surface area contributed by atoms with Crippen LogP contribution < -0.4 is 5.32 Å². The molecule has 0 spiro atoms. The molecule has 0 aliphatic heterocycles. The number of hydrogen-bond acceptors (Lipinski definition) is 5. The third kappa shape index (κ3) is 3.96. The van der Waals surface area contributed by atoms with Crippen molar-refractivity contribution in [1.82, 2.24) is 9.97 Å². The molecule has 3 aromatic rings. The first-order valence-corrected chi connectivity index (χ1v) is 11.3. The Labute approximate surface area is 191 Å². The van der Waals surface area contributed by atoms with Crippen LogP contribution >= 0.6 is 0 Å². The maximum atomic E-state index is 13.9. The molecule has 1 unspecified atom stereocenters. The molecule has 0 bridgehead atoms. The second-order valence-corrected chi connectivity index (χ2v) is 9.56. The lowest BCUT2D eigenvalue weighted by Crippen LogP contribution is -2.46. The first kappa shape index (κ1) is 21.5. The monoisotopic (exact) mass is 444 g/mol. The van der Waals surface area contributed by atoms with Gasteiger partial charge in [0, 0.05) is 17.8 Å². The predicted molar refractivity (Wildman–Crippen MR) is 122 cm³/mol. The molecule has 2 fully saturated rings. The van der Waals surface area contributed by atoms with Gasteiger partial charge in [0.1, 0.15) is 23.3 Å². The van der Waals surface area contributed by atoms with Crippen LogP contribution in [-0.4, -0.2) is 26.6 Å². The minimum atomic E-state index is -1.51. The van der Waals surface area contributed by atoms with Crippen LogP contribution in [0.2, 0.25) is 0 Å². The molecule has 0 saturated heterocycles. The molecule has 2 aliphatic rings. The van der Waals surface area contributed by atoms with Crippen LogP contribution in [0.15, 0.2) is 48.8 Å². The molecule has 2 N–H and O–H groups in total. The zero-order valence-corrected chi connectivity index (χ0v) is 18.3. The minimum Gasteiger partial charge on any atom is -0.380 e. The van der Waals surface area contributed by atoms with Crippen molar-refractivity contribution in [2.24, 2.45) is 17.8 Å². The normalized spacial score (nSPS) is 25.9. The fourth-order valence-electron chi connectivity index (χ4n) is 5.79. The van der Waals surface area contributed by atoms with Crippen molar-refractivity contribution in [2.45, 2.75) is 44.1 Å². The molecule has 5 atom stereocenters. The summed E-state index contributed by atoms with van der Waals surface area (Å²) >= 11 is 0. The van der Waals surface area contributed by atoms with Crippen molar-refractivity contribution < 1.29 is 14.3 Å². The molecule has 1 aromatic carbocycles. The number of aromatic nitrogens is 2. The first-order valence-electron chi connectivity index (χ1n) is 11.3. The number of rotatable bonds is 4. The van der Waals surface area contributed by atoms with E-state index in [0.29, 0.717) is 29.1 Å². The molecule has 6 nitrogen and oxygen atoms in total. The van der Waals surface area contributed by atoms with Gasteiger partial charge in [-0.3, -0.25) is 9.78 Å². The second kappa shape index (κ2) is 8.20. The van der Waals surface area contributed by atoms with Gasteiger partial charge in [-0.2, -0.15) is 5.26 Å². The molecule has 1 amide bonds. The van der Waals surface area contributed by atoms with E-state index in [4.69, 9.17) is 5.26 Å². The Morgan fingerprint density at radius 2 is 1.91 bits per heavy atom. The van der Waals surface area contributed by atoms with Crippen molar-refractivity contribution in [3.8, 4) is 6.07 Å². The van der Waals surface area contributed by atoms with E-state index in [0.717, 1.165) is 42.1 Å². The highest BCUT2D eigenvalue weighted by atomic mass is 19.1. The molecule has 7 heteroatoms. The largest absolute Gasteiger partial charge is 0.380 e. The highest BCUT2D eigenvalue weighted by Gasteiger charge is 2.50. The van der Waals surface area contributed by atoms with Crippen LogP contribution in [0.3, 0.4) is 0 Å². The molecule has 2 heterocycles. The van der Waals surface area contributed by atoms with Crippen LogP contribution in [0.4, 0.5) is 10.2 Å². The van der Waals surface area contributed by atoms with Crippen LogP contribution in [-0.2, 0) is 4.79 Å². The molecule has 2 aromatic heterocycles. The number of hydrogen-bond donors (Lipinski definition) is 2. The van der Waals surface area contributed by atoms with Crippen LogP contribution in [0, 0.1) is 34.9 Å². The van der Waals surface area contributed by atoms with Gasteiger partial charge in [-0.15, -0.1) is 0 Å². The molecule has 33 heavy (non-hydrogen) atoms. The number of carbonyl (C=O) groups excluding carboxylic acids is 1. The zero-order valence-electron chi connectivity index (χ0n) is 18.3. The summed E-state index contributed by atoms with van der Waals surface area (Å²) in [5, 5.41) is 23.6. The van der Waals surface area contributed by atoms with E-state index in [9.17, 15) is 14.3 Å². The summed E-state index contributed by atoms with van der Waals surface area (Å²) in [6.07, 6.45) is 6.66. The van der Waals surface area contributed by atoms with Crippen LogP contribution in [0.5, 0.6) is 0 Å². The molecular weight excluding hydrogens is 419 g/mol. The van der Waals surface area contributed by atoms with Gasteiger partial charge in [0.05, 0.1) is 11.1 Å². The van der Waals surface area contributed by atoms with Gasteiger partial charge in [0.25, 0.3) is 5.91 Å². The number of pyridine rings is 2. The Morgan fingerprint density at radius 3 is 2.58 bits per heavy atom. The highest BCUT2D eigenvalue weighted by molar-refractivity contribution is 5.96. The van der Waals surface area contributed by atoms with Crippen molar-refractivity contribution in [3.05, 3.63) is 65.7 Å². The predicted octanol–water partition coefficient (Wildman–Crippen LogP) is 4.55. The van der Waals surface area contributed by atoms with Gasteiger partial charge >= 0.3 is 0 Å². The van der Waals surface area contributed by atoms with Gasteiger partial charge in [-0.25, -0.2) is 9.37 Å². The number of amides is 1. The minimum absolute atomic E-state index is 0.140. The molecule has 0 radical (unpaired) electrons. The van der Waals surface area contributed by atoms with E-state index in [1.807, 2.05) is 12.1 Å². The fourth-order valence-corrected chi connectivity index (χ4v) is 5.79. The van der Waals surface area contributed by atoms with E-state index in [-0.39, 0.29) is 11.7 Å². The van der Waals surface area contributed by atoms with Gasteiger partial charge in [-0.05, 0) is 98.2 Å². The smallest absolute Gasteiger partial charge is 0.257 e. The molecule has 2 aliphatic carbocycles. The summed E-state index contributed by atoms with van der Waals surface area (Å²) in [5.41, 5.74) is 0.839. The van der Waals surface area contributed by atoms with E-state index in [2.05, 4.69) is 15.3 Å². The third-order valence-corrected chi connectivity index (χ3v) is 7.58. The summed E-state index contributed by atoms with van der Waals surface area (Å²) in [4.78, 5) is 21.3. The van der Waals surface area contributed by atoms with E-state index < -0.39 is 11.5 Å². The Kier molecular flexibility index (Phi) is 5.34. The number of anilines is 1. The lowest BCUT2D eigenvalue weighted by Gasteiger charge is -2.29. The maximum Gasteiger partial charge on any atom is 0.257 e. The van der Waals surface area contributed by atoms with Gasteiger partial charge < -0.3 is 10.4 Å². The number of benzene rings is 1. The Bertz CT molecular complexity index is 1240. The molecular formula is C26H25FN4O2. The summed E-state index contributed by atoms with van der Waals surface area (Å²) in [7, 11) is 0. The molecule has 168 valence electrons. The zero-order chi connectivity index (χ0) is 23.2. The van der Waals surface area contributed by atoms with Crippen molar-refractivity contribution in [1.29, 1.82) is 5.26 Å². The highest BCUT2D eigenvalue weighted by Crippen LogP contribution is 2.55. The number of nitrogens with one attached hydrogen (secondary N) is 1. The van der Waals surface area contributed by atoms with Crippen molar-refractivity contribution >= 4 is 22.6 Å². The quantitative estimate of drug-likeness (QED) is 0.615. The number of nitrogens with zero attached hydrogens (tertiary/aromatic N) is 3.